The highest BCUT2D eigenvalue weighted by atomic mass is 35.5. The maximum atomic E-state index is 11.9. The maximum Gasteiger partial charge on any atom is 0.252 e. The molecular formula is C13H18Cl2N2O. The van der Waals surface area contributed by atoms with Crippen LogP contribution < -0.4 is 5.32 Å². The summed E-state index contributed by atoms with van der Waals surface area (Å²) in [6.07, 6.45) is 6.10. The van der Waals surface area contributed by atoms with E-state index in [4.69, 9.17) is 23.2 Å². The van der Waals surface area contributed by atoms with Gasteiger partial charge in [-0.15, -0.1) is 11.6 Å². The Kier molecular flexibility index (Phi) is 7.06. The zero-order valence-electron chi connectivity index (χ0n) is 10.5. The molecule has 0 saturated heterocycles. The minimum atomic E-state index is -0.155. The third kappa shape index (κ3) is 4.83. The van der Waals surface area contributed by atoms with Crippen LogP contribution in [0.25, 0.3) is 0 Å². The summed E-state index contributed by atoms with van der Waals surface area (Å²) in [4.78, 5) is 15.8. The molecule has 1 unspecified atom stereocenters. The Morgan fingerprint density at radius 1 is 1.50 bits per heavy atom. The second-order valence-corrected chi connectivity index (χ2v) is 4.98. The van der Waals surface area contributed by atoms with Gasteiger partial charge in [-0.2, -0.15) is 0 Å². The van der Waals surface area contributed by atoms with Crippen LogP contribution in [0.15, 0.2) is 18.5 Å². The van der Waals surface area contributed by atoms with Crippen LogP contribution in [0.4, 0.5) is 0 Å². The molecule has 0 spiro atoms. The van der Waals surface area contributed by atoms with Gasteiger partial charge in [0.05, 0.1) is 10.6 Å². The average Bonchev–Trinajstić information content (AvgIpc) is 2.36. The van der Waals surface area contributed by atoms with Crippen molar-refractivity contribution in [3.63, 3.8) is 0 Å². The molecule has 0 fully saturated rings. The predicted octanol–water partition coefficient (Wildman–Crippen LogP) is 3.51. The van der Waals surface area contributed by atoms with Crippen LogP contribution in [-0.4, -0.2) is 23.3 Å². The zero-order chi connectivity index (χ0) is 13.4. The van der Waals surface area contributed by atoms with Gasteiger partial charge in [-0.25, -0.2) is 0 Å². The number of nitrogens with one attached hydrogen (secondary N) is 1. The zero-order valence-corrected chi connectivity index (χ0v) is 12.0. The number of hydrogen-bond donors (Lipinski definition) is 1. The minimum absolute atomic E-state index is 0.155. The van der Waals surface area contributed by atoms with Crippen LogP contribution in [0, 0.1) is 5.92 Å². The van der Waals surface area contributed by atoms with E-state index in [1.165, 1.54) is 6.20 Å². The number of alkyl halides is 1. The van der Waals surface area contributed by atoms with Gasteiger partial charge in [0, 0.05) is 24.8 Å². The topological polar surface area (TPSA) is 42.0 Å². The molecule has 0 aliphatic rings. The van der Waals surface area contributed by atoms with Crippen molar-refractivity contribution < 1.29 is 4.79 Å². The minimum Gasteiger partial charge on any atom is -0.352 e. The van der Waals surface area contributed by atoms with Crippen molar-refractivity contribution in [1.82, 2.24) is 10.3 Å². The molecule has 1 heterocycles. The third-order valence-electron chi connectivity index (χ3n) is 2.78. The van der Waals surface area contributed by atoms with Crippen molar-refractivity contribution in [3.8, 4) is 0 Å². The molecule has 1 aromatic heterocycles. The number of aromatic nitrogens is 1. The van der Waals surface area contributed by atoms with Gasteiger partial charge in [0.15, 0.2) is 0 Å². The molecule has 0 radical (unpaired) electrons. The van der Waals surface area contributed by atoms with Crippen LogP contribution >= 0.6 is 23.2 Å². The van der Waals surface area contributed by atoms with E-state index >= 15 is 0 Å². The molecule has 1 atom stereocenters. The maximum absolute atomic E-state index is 11.9. The number of carbonyl (C=O) groups excluding carboxylic acids is 1. The molecular weight excluding hydrogens is 271 g/mol. The number of halogens is 2. The predicted molar refractivity (Wildman–Crippen MR) is 75.3 cm³/mol. The largest absolute Gasteiger partial charge is 0.352 e. The Hall–Kier alpha value is -0.800. The first-order valence-corrected chi connectivity index (χ1v) is 7.04. The Balaban J connectivity index is 2.52. The first kappa shape index (κ1) is 15.3. The highest BCUT2D eigenvalue weighted by molar-refractivity contribution is 6.33. The molecule has 0 aromatic carbocycles. The SMILES string of the molecule is CCCC(CCCl)CNC(=O)c1ccncc1Cl. The van der Waals surface area contributed by atoms with Crippen molar-refractivity contribution in [2.24, 2.45) is 5.92 Å². The summed E-state index contributed by atoms with van der Waals surface area (Å²) < 4.78 is 0. The van der Waals surface area contributed by atoms with Crippen LogP contribution in [0.1, 0.15) is 36.5 Å². The van der Waals surface area contributed by atoms with E-state index in [9.17, 15) is 4.79 Å². The molecule has 100 valence electrons. The lowest BCUT2D eigenvalue weighted by Crippen LogP contribution is -2.29. The summed E-state index contributed by atoms with van der Waals surface area (Å²) in [5.41, 5.74) is 0.466. The van der Waals surface area contributed by atoms with Crippen molar-refractivity contribution in [2.45, 2.75) is 26.2 Å². The van der Waals surface area contributed by atoms with Crippen molar-refractivity contribution in [2.75, 3.05) is 12.4 Å². The van der Waals surface area contributed by atoms with Crippen molar-refractivity contribution in [3.05, 3.63) is 29.0 Å². The fourth-order valence-corrected chi connectivity index (χ4v) is 2.32. The highest BCUT2D eigenvalue weighted by Crippen LogP contribution is 2.14. The van der Waals surface area contributed by atoms with E-state index in [-0.39, 0.29) is 5.91 Å². The quantitative estimate of drug-likeness (QED) is 0.780. The Bertz CT molecular complexity index is 379. The normalized spacial score (nSPS) is 12.2. The molecule has 0 aliphatic carbocycles. The highest BCUT2D eigenvalue weighted by Gasteiger charge is 2.12. The summed E-state index contributed by atoms with van der Waals surface area (Å²) in [5, 5.41) is 3.27. The summed E-state index contributed by atoms with van der Waals surface area (Å²) in [7, 11) is 0. The molecule has 5 heteroatoms. The number of pyridine rings is 1. The van der Waals surface area contributed by atoms with Gasteiger partial charge in [0.25, 0.3) is 5.91 Å². The van der Waals surface area contributed by atoms with Crippen LogP contribution in [0.5, 0.6) is 0 Å². The first-order valence-electron chi connectivity index (χ1n) is 6.12. The van der Waals surface area contributed by atoms with Gasteiger partial charge in [0.1, 0.15) is 0 Å². The van der Waals surface area contributed by atoms with Crippen LogP contribution in [-0.2, 0) is 0 Å². The summed E-state index contributed by atoms with van der Waals surface area (Å²) in [6, 6.07) is 1.62. The van der Waals surface area contributed by atoms with Crippen LogP contribution in [0.3, 0.4) is 0 Å². The van der Waals surface area contributed by atoms with Gasteiger partial charge >= 0.3 is 0 Å². The first-order chi connectivity index (χ1) is 8.69. The fraction of sp³-hybridized carbons (Fsp3) is 0.538. The number of carbonyl (C=O) groups is 1. The van der Waals surface area contributed by atoms with E-state index in [0.717, 1.165) is 19.3 Å². The van der Waals surface area contributed by atoms with Crippen molar-refractivity contribution in [1.29, 1.82) is 0 Å². The smallest absolute Gasteiger partial charge is 0.252 e. The molecule has 0 saturated carbocycles. The molecule has 3 nitrogen and oxygen atoms in total. The Morgan fingerprint density at radius 2 is 2.28 bits per heavy atom. The molecule has 0 aliphatic heterocycles. The van der Waals surface area contributed by atoms with E-state index < -0.39 is 0 Å². The van der Waals surface area contributed by atoms with E-state index in [1.807, 2.05) is 0 Å². The number of rotatable bonds is 7. The van der Waals surface area contributed by atoms with Gasteiger partial charge in [0.2, 0.25) is 0 Å². The summed E-state index contributed by atoms with van der Waals surface area (Å²) in [6.45, 7) is 2.76. The standard InChI is InChI=1S/C13H18Cl2N2O/c1-2-3-10(4-6-14)8-17-13(18)11-5-7-16-9-12(11)15/h5,7,9-10H,2-4,6,8H2,1H3,(H,17,18). The molecule has 1 rings (SSSR count). The second kappa shape index (κ2) is 8.33. The number of nitrogens with zero attached hydrogens (tertiary/aromatic N) is 1. The van der Waals surface area contributed by atoms with E-state index in [0.29, 0.717) is 28.9 Å². The summed E-state index contributed by atoms with van der Waals surface area (Å²) >= 11 is 11.7. The fourth-order valence-electron chi connectivity index (χ4n) is 1.80. The van der Waals surface area contributed by atoms with Gasteiger partial charge in [-0.3, -0.25) is 9.78 Å². The summed E-state index contributed by atoms with van der Waals surface area (Å²) in [5.74, 6) is 0.895. The number of hydrogen-bond acceptors (Lipinski definition) is 2. The molecule has 0 bridgehead atoms. The monoisotopic (exact) mass is 288 g/mol. The van der Waals surface area contributed by atoms with E-state index in [2.05, 4.69) is 17.2 Å². The van der Waals surface area contributed by atoms with Crippen molar-refractivity contribution >= 4 is 29.1 Å². The Labute approximate surface area is 118 Å². The molecule has 18 heavy (non-hydrogen) atoms. The second-order valence-electron chi connectivity index (χ2n) is 4.20. The van der Waals surface area contributed by atoms with E-state index in [1.54, 1.807) is 12.3 Å². The van der Waals surface area contributed by atoms with Crippen LogP contribution in [0.2, 0.25) is 5.02 Å². The lowest BCUT2D eigenvalue weighted by Gasteiger charge is -2.15. The molecule has 1 amide bonds. The lowest BCUT2D eigenvalue weighted by molar-refractivity contribution is 0.0946. The lowest BCUT2D eigenvalue weighted by atomic mass is 10.0. The number of amides is 1. The average molecular weight is 289 g/mol. The third-order valence-corrected chi connectivity index (χ3v) is 3.30. The van der Waals surface area contributed by atoms with Gasteiger partial charge < -0.3 is 5.32 Å². The molecule has 1 aromatic rings. The van der Waals surface area contributed by atoms with Gasteiger partial charge in [-0.1, -0.05) is 24.9 Å². The molecule has 1 N–H and O–H groups in total. The Morgan fingerprint density at radius 3 is 2.89 bits per heavy atom. The van der Waals surface area contributed by atoms with Gasteiger partial charge in [-0.05, 0) is 24.8 Å².